The number of hydrogen-bond acceptors (Lipinski definition) is 6. The zero-order valence-electron chi connectivity index (χ0n) is 22.8. The standard InChI is InChI=1S/C27H41N5O5/c1-16(2)15-37-24-21(14-28-32(24)8-7-26(4,5)30-17(3)33)23(34)29-22-19-9-18-10-20(22)13-27(11-18,12-19)31-25(35)36-6/h7-8,14,16,18-20,22H,9-13,15H2,1-6H3,(H,29,34)(H,30,33)(H,31,35)/b8-7+/t18?,19?,20?,22-,27-. The minimum Gasteiger partial charge on any atom is -0.477 e. The number of carbonyl (C=O) groups excluding carboxylic acids is 3. The Balaban J connectivity index is 1.51. The smallest absolute Gasteiger partial charge is 0.407 e. The molecule has 10 heteroatoms. The third kappa shape index (κ3) is 6.10. The van der Waals surface area contributed by atoms with E-state index in [0.717, 1.165) is 32.1 Å². The quantitative estimate of drug-likeness (QED) is 0.464. The summed E-state index contributed by atoms with van der Waals surface area (Å²) < 4.78 is 12.5. The van der Waals surface area contributed by atoms with Gasteiger partial charge in [-0.3, -0.25) is 9.59 Å². The fourth-order valence-electron chi connectivity index (χ4n) is 6.66. The van der Waals surface area contributed by atoms with E-state index in [9.17, 15) is 14.4 Å². The molecule has 2 atom stereocenters. The molecule has 1 aromatic rings. The van der Waals surface area contributed by atoms with Crippen LogP contribution in [-0.2, 0) is 9.53 Å². The highest BCUT2D eigenvalue weighted by Gasteiger charge is 2.56. The number of carbonyl (C=O) groups is 3. The normalized spacial score (nSPS) is 28.4. The molecule has 4 bridgehead atoms. The van der Waals surface area contributed by atoms with E-state index in [0.29, 0.717) is 35.8 Å². The van der Waals surface area contributed by atoms with Crippen molar-refractivity contribution in [2.75, 3.05) is 13.7 Å². The molecule has 0 radical (unpaired) electrons. The van der Waals surface area contributed by atoms with E-state index >= 15 is 0 Å². The number of aromatic nitrogens is 2. The number of ether oxygens (including phenoxy) is 2. The van der Waals surface area contributed by atoms with Gasteiger partial charge in [-0.1, -0.05) is 13.8 Å². The third-order valence-electron chi connectivity index (χ3n) is 7.80. The average molecular weight is 516 g/mol. The maximum atomic E-state index is 13.6. The van der Waals surface area contributed by atoms with Gasteiger partial charge in [0.05, 0.1) is 25.5 Å². The first-order valence-corrected chi connectivity index (χ1v) is 13.3. The zero-order chi connectivity index (χ0) is 27.0. The van der Waals surface area contributed by atoms with Gasteiger partial charge in [-0.05, 0) is 75.7 Å². The second kappa shape index (κ2) is 10.4. The van der Waals surface area contributed by atoms with Gasteiger partial charge in [-0.2, -0.15) is 5.10 Å². The summed E-state index contributed by atoms with van der Waals surface area (Å²) in [6.45, 7) is 9.76. The summed E-state index contributed by atoms with van der Waals surface area (Å²) >= 11 is 0. The number of methoxy groups -OCH3 is 1. The monoisotopic (exact) mass is 515 g/mol. The van der Waals surface area contributed by atoms with Crippen molar-refractivity contribution in [2.24, 2.45) is 23.7 Å². The lowest BCUT2D eigenvalue weighted by Crippen LogP contribution is -2.66. The second-order valence-corrected chi connectivity index (χ2v) is 12.1. The van der Waals surface area contributed by atoms with Crippen molar-refractivity contribution in [1.29, 1.82) is 0 Å². The fourth-order valence-corrected chi connectivity index (χ4v) is 6.66. The van der Waals surface area contributed by atoms with Gasteiger partial charge < -0.3 is 25.4 Å². The molecule has 0 saturated heterocycles. The molecule has 0 aliphatic heterocycles. The number of nitrogens with zero attached hydrogens (tertiary/aromatic N) is 2. The molecule has 37 heavy (non-hydrogen) atoms. The van der Waals surface area contributed by atoms with Crippen molar-refractivity contribution >= 4 is 24.1 Å². The molecule has 10 nitrogen and oxygen atoms in total. The molecule has 0 aromatic carbocycles. The lowest BCUT2D eigenvalue weighted by molar-refractivity contribution is -0.120. The summed E-state index contributed by atoms with van der Waals surface area (Å²) in [6, 6.07) is 0.0483. The Hall–Kier alpha value is -3.04. The summed E-state index contributed by atoms with van der Waals surface area (Å²) in [7, 11) is 1.40. The Morgan fingerprint density at radius 2 is 1.89 bits per heavy atom. The van der Waals surface area contributed by atoms with Gasteiger partial charge >= 0.3 is 6.09 Å². The molecule has 4 fully saturated rings. The summed E-state index contributed by atoms with van der Waals surface area (Å²) in [5.41, 5.74) is -0.435. The summed E-state index contributed by atoms with van der Waals surface area (Å²) in [6.07, 6.45) is 9.48. The lowest BCUT2D eigenvalue weighted by Gasteiger charge is -2.59. The summed E-state index contributed by atoms with van der Waals surface area (Å²) in [4.78, 5) is 37.1. The van der Waals surface area contributed by atoms with Crippen LogP contribution >= 0.6 is 0 Å². The largest absolute Gasteiger partial charge is 0.477 e. The summed E-state index contributed by atoms with van der Waals surface area (Å²) in [5.74, 6) is 1.49. The molecule has 5 rings (SSSR count). The van der Waals surface area contributed by atoms with Gasteiger partial charge in [0, 0.05) is 24.7 Å². The van der Waals surface area contributed by atoms with E-state index in [-0.39, 0.29) is 35.4 Å². The highest BCUT2D eigenvalue weighted by molar-refractivity contribution is 5.96. The summed E-state index contributed by atoms with van der Waals surface area (Å²) in [5, 5.41) is 13.7. The fraction of sp³-hybridized carbons (Fsp3) is 0.704. The SMILES string of the molecule is COC(=O)N[C@]12CC3CC(C1)[C@@H](NC(=O)c1cnn(/C=C/C(C)(C)NC(C)=O)c1OCC(C)C)C(C3)C2. The van der Waals surface area contributed by atoms with E-state index in [1.165, 1.54) is 20.2 Å². The first-order valence-electron chi connectivity index (χ1n) is 13.3. The zero-order valence-corrected chi connectivity index (χ0v) is 22.8. The Morgan fingerprint density at radius 3 is 2.49 bits per heavy atom. The van der Waals surface area contributed by atoms with Crippen LogP contribution in [0.25, 0.3) is 6.20 Å². The van der Waals surface area contributed by atoms with E-state index in [2.05, 4.69) is 21.0 Å². The maximum Gasteiger partial charge on any atom is 0.407 e. The van der Waals surface area contributed by atoms with E-state index in [1.807, 2.05) is 33.8 Å². The van der Waals surface area contributed by atoms with Crippen molar-refractivity contribution in [1.82, 2.24) is 25.7 Å². The molecule has 3 amide bonds. The second-order valence-electron chi connectivity index (χ2n) is 12.1. The Bertz CT molecular complexity index is 1050. The Labute approximate surface area is 218 Å². The molecule has 3 N–H and O–H groups in total. The molecular weight excluding hydrogens is 474 g/mol. The topological polar surface area (TPSA) is 124 Å². The van der Waals surface area contributed by atoms with Crippen molar-refractivity contribution in [3.05, 3.63) is 17.8 Å². The number of hydrogen-bond donors (Lipinski definition) is 3. The molecule has 4 saturated carbocycles. The predicted molar refractivity (Wildman–Crippen MR) is 139 cm³/mol. The first kappa shape index (κ1) is 27.0. The molecule has 4 aliphatic rings. The molecule has 2 unspecified atom stereocenters. The van der Waals surface area contributed by atoms with Gasteiger partial charge in [0.25, 0.3) is 5.91 Å². The van der Waals surface area contributed by atoms with Crippen molar-refractivity contribution in [3.8, 4) is 5.88 Å². The first-order chi connectivity index (χ1) is 17.4. The molecule has 1 heterocycles. The van der Waals surface area contributed by atoms with Crippen LogP contribution in [0.1, 0.15) is 77.1 Å². The van der Waals surface area contributed by atoms with Crippen LogP contribution in [0.2, 0.25) is 0 Å². The average Bonchev–Trinajstić information content (AvgIpc) is 3.20. The van der Waals surface area contributed by atoms with Crippen LogP contribution in [0.4, 0.5) is 4.79 Å². The van der Waals surface area contributed by atoms with Gasteiger partial charge in [-0.15, -0.1) is 0 Å². The van der Waals surface area contributed by atoms with E-state index < -0.39 is 5.54 Å². The minimum atomic E-state index is -0.593. The number of amides is 3. The molecule has 204 valence electrons. The van der Waals surface area contributed by atoms with Gasteiger partial charge in [0.1, 0.15) is 5.56 Å². The molecule has 1 aromatic heterocycles. The lowest BCUT2D eigenvalue weighted by atomic mass is 9.51. The Morgan fingerprint density at radius 1 is 1.22 bits per heavy atom. The molecule has 4 aliphatic carbocycles. The van der Waals surface area contributed by atoms with Crippen molar-refractivity contribution < 1.29 is 23.9 Å². The maximum absolute atomic E-state index is 13.6. The van der Waals surface area contributed by atoms with Crippen LogP contribution in [0.5, 0.6) is 5.88 Å². The van der Waals surface area contributed by atoms with E-state index in [4.69, 9.17) is 9.47 Å². The van der Waals surface area contributed by atoms with Gasteiger partial charge in [-0.25, -0.2) is 9.48 Å². The van der Waals surface area contributed by atoms with Crippen molar-refractivity contribution in [3.63, 3.8) is 0 Å². The van der Waals surface area contributed by atoms with Gasteiger partial charge in [0.2, 0.25) is 11.8 Å². The highest BCUT2D eigenvalue weighted by atomic mass is 16.5. The Kier molecular flexibility index (Phi) is 7.57. The van der Waals surface area contributed by atoms with Crippen LogP contribution in [0, 0.1) is 23.7 Å². The number of nitrogens with one attached hydrogen (secondary N) is 3. The molecule has 0 spiro atoms. The minimum absolute atomic E-state index is 0.0483. The van der Waals surface area contributed by atoms with Crippen LogP contribution in [0.15, 0.2) is 12.3 Å². The highest BCUT2D eigenvalue weighted by Crippen LogP contribution is 2.55. The van der Waals surface area contributed by atoms with E-state index in [1.54, 1.807) is 10.9 Å². The number of alkyl carbamates (subject to hydrolysis) is 1. The van der Waals surface area contributed by atoms with Crippen LogP contribution in [-0.4, -0.2) is 58.5 Å². The van der Waals surface area contributed by atoms with Crippen molar-refractivity contribution in [2.45, 2.75) is 83.8 Å². The predicted octanol–water partition coefficient (Wildman–Crippen LogP) is 3.34. The van der Waals surface area contributed by atoms with Crippen LogP contribution < -0.4 is 20.7 Å². The van der Waals surface area contributed by atoms with Crippen LogP contribution in [0.3, 0.4) is 0 Å². The number of rotatable bonds is 9. The third-order valence-corrected chi connectivity index (χ3v) is 7.80. The molecular formula is C27H41N5O5. The van der Waals surface area contributed by atoms with Gasteiger partial charge in [0.15, 0.2) is 0 Å².